The Morgan fingerprint density at radius 2 is 1.54 bits per heavy atom. The number of quaternary nitrogens is 1. The van der Waals surface area contributed by atoms with Crippen molar-refractivity contribution in [2.75, 3.05) is 27.7 Å². The van der Waals surface area contributed by atoms with Gasteiger partial charge in [0.05, 0.1) is 21.1 Å². The second-order valence-electron chi connectivity index (χ2n) is 7.52. The van der Waals surface area contributed by atoms with Crippen LogP contribution in [0.5, 0.6) is 0 Å². The number of hydrogen-bond acceptors (Lipinski definition) is 5. The lowest BCUT2D eigenvalue weighted by Crippen LogP contribution is -2.45. The summed E-state index contributed by atoms with van der Waals surface area (Å²) in [5.41, 5.74) is 0. The third-order valence-corrected chi connectivity index (χ3v) is 3.62. The van der Waals surface area contributed by atoms with E-state index in [1.165, 1.54) is 0 Å². The van der Waals surface area contributed by atoms with Gasteiger partial charge in [0.15, 0.2) is 6.10 Å². The SMILES string of the molecule is C[N+](C)(C)CC(CC(=O)[O-])OC(=O)CCCC/C=C/CCCCC(=O)O. The molecule has 150 valence electrons. The van der Waals surface area contributed by atoms with E-state index in [0.29, 0.717) is 23.9 Å². The van der Waals surface area contributed by atoms with Crippen molar-refractivity contribution in [2.24, 2.45) is 0 Å². The van der Waals surface area contributed by atoms with Crippen molar-refractivity contribution < 1.29 is 33.8 Å². The molecule has 0 aromatic heterocycles. The van der Waals surface area contributed by atoms with Crippen molar-refractivity contribution in [3.8, 4) is 0 Å². The zero-order valence-electron chi connectivity index (χ0n) is 16.2. The molecule has 1 atom stereocenters. The highest BCUT2D eigenvalue weighted by molar-refractivity contribution is 5.70. The van der Waals surface area contributed by atoms with E-state index in [9.17, 15) is 19.5 Å². The quantitative estimate of drug-likeness (QED) is 0.202. The number of nitrogens with zero attached hydrogens (tertiary/aromatic N) is 1. The number of rotatable bonds is 15. The lowest BCUT2D eigenvalue weighted by molar-refractivity contribution is -0.873. The maximum absolute atomic E-state index is 11.9. The molecule has 0 saturated heterocycles. The van der Waals surface area contributed by atoms with Gasteiger partial charge in [0.2, 0.25) is 0 Å². The Balaban J connectivity index is 3.88. The van der Waals surface area contributed by atoms with Crippen LogP contribution in [0.2, 0.25) is 0 Å². The topological polar surface area (TPSA) is 104 Å². The summed E-state index contributed by atoms with van der Waals surface area (Å²) < 4.78 is 5.79. The summed E-state index contributed by atoms with van der Waals surface area (Å²) in [5, 5.41) is 19.3. The molecule has 0 rings (SSSR count). The second-order valence-corrected chi connectivity index (χ2v) is 7.52. The highest BCUT2D eigenvalue weighted by Gasteiger charge is 2.22. The highest BCUT2D eigenvalue weighted by Crippen LogP contribution is 2.09. The molecule has 0 heterocycles. The van der Waals surface area contributed by atoms with Crippen LogP contribution in [0, 0.1) is 0 Å². The Bertz CT molecular complexity index is 467. The number of ether oxygens (including phenoxy) is 1. The molecule has 0 radical (unpaired) electrons. The molecule has 0 bridgehead atoms. The van der Waals surface area contributed by atoms with Crippen LogP contribution < -0.4 is 5.11 Å². The second kappa shape index (κ2) is 13.3. The number of carbonyl (C=O) groups is 3. The van der Waals surface area contributed by atoms with Gasteiger partial charge in [-0.2, -0.15) is 0 Å². The number of carbonyl (C=O) groups excluding carboxylic acids is 2. The first-order valence-electron chi connectivity index (χ1n) is 9.16. The molecule has 1 unspecified atom stereocenters. The van der Waals surface area contributed by atoms with Crippen LogP contribution in [-0.2, 0) is 19.1 Å². The molecule has 0 aliphatic heterocycles. The van der Waals surface area contributed by atoms with E-state index < -0.39 is 18.0 Å². The lowest BCUT2D eigenvalue weighted by Gasteiger charge is -2.29. The zero-order chi connectivity index (χ0) is 20.0. The fraction of sp³-hybridized carbons (Fsp3) is 0.737. The first-order chi connectivity index (χ1) is 12.1. The summed E-state index contributed by atoms with van der Waals surface area (Å²) in [7, 11) is 5.72. The van der Waals surface area contributed by atoms with E-state index in [0.717, 1.165) is 25.7 Å². The smallest absolute Gasteiger partial charge is 0.306 e. The number of esters is 1. The molecular formula is C19H33NO6. The van der Waals surface area contributed by atoms with E-state index in [1.54, 1.807) is 0 Å². The van der Waals surface area contributed by atoms with Gasteiger partial charge in [-0.05, 0) is 38.5 Å². The van der Waals surface area contributed by atoms with Gasteiger partial charge in [-0.1, -0.05) is 12.2 Å². The molecule has 0 spiro atoms. The van der Waals surface area contributed by atoms with E-state index in [-0.39, 0.29) is 25.2 Å². The molecule has 0 aromatic carbocycles. The van der Waals surface area contributed by atoms with Crippen LogP contribution in [0.25, 0.3) is 0 Å². The zero-order valence-corrected chi connectivity index (χ0v) is 16.2. The third-order valence-electron chi connectivity index (χ3n) is 3.62. The van der Waals surface area contributed by atoms with Gasteiger partial charge < -0.3 is 24.2 Å². The predicted octanol–water partition coefficient (Wildman–Crippen LogP) is 1.51. The lowest BCUT2D eigenvalue weighted by atomic mass is 10.1. The largest absolute Gasteiger partial charge is 0.550 e. The molecule has 7 nitrogen and oxygen atoms in total. The minimum Gasteiger partial charge on any atom is -0.550 e. The summed E-state index contributed by atoms with van der Waals surface area (Å²) in [6.07, 6.45) is 8.41. The Morgan fingerprint density at radius 1 is 1.00 bits per heavy atom. The normalized spacial score (nSPS) is 12.9. The van der Waals surface area contributed by atoms with Crippen LogP contribution in [0.3, 0.4) is 0 Å². The Hall–Kier alpha value is -1.89. The van der Waals surface area contributed by atoms with Crippen LogP contribution in [0.1, 0.15) is 57.8 Å². The van der Waals surface area contributed by atoms with Crippen molar-refractivity contribution >= 4 is 17.9 Å². The first kappa shape index (κ1) is 24.1. The number of allylic oxidation sites excluding steroid dienone is 2. The first-order valence-corrected chi connectivity index (χ1v) is 9.16. The van der Waals surface area contributed by atoms with Crippen molar-refractivity contribution in [1.82, 2.24) is 0 Å². The van der Waals surface area contributed by atoms with Crippen molar-refractivity contribution in [1.29, 1.82) is 0 Å². The molecule has 1 N–H and O–H groups in total. The average Bonchev–Trinajstić information content (AvgIpc) is 2.46. The van der Waals surface area contributed by atoms with E-state index in [2.05, 4.69) is 0 Å². The van der Waals surface area contributed by atoms with Crippen molar-refractivity contribution in [3.63, 3.8) is 0 Å². The Morgan fingerprint density at radius 3 is 2.00 bits per heavy atom. The van der Waals surface area contributed by atoms with Crippen molar-refractivity contribution in [2.45, 2.75) is 63.9 Å². The number of likely N-dealkylation sites (N-methyl/N-ethyl adjacent to an activating group) is 1. The van der Waals surface area contributed by atoms with Gasteiger partial charge >= 0.3 is 11.9 Å². The van der Waals surface area contributed by atoms with Gasteiger partial charge in [-0.15, -0.1) is 0 Å². The minimum atomic E-state index is -1.22. The third kappa shape index (κ3) is 17.0. The van der Waals surface area contributed by atoms with Gasteiger partial charge in [0, 0.05) is 25.2 Å². The van der Waals surface area contributed by atoms with Crippen LogP contribution in [0.15, 0.2) is 12.2 Å². The summed E-state index contributed by atoms with van der Waals surface area (Å²) in [6.45, 7) is 0.421. The Kier molecular flexibility index (Phi) is 12.4. The molecule has 0 fully saturated rings. The van der Waals surface area contributed by atoms with Crippen LogP contribution in [-0.4, -0.2) is 61.3 Å². The standard InChI is InChI=1S/C19H33NO6/c1-20(2,3)15-16(14-18(23)24)26-19(25)13-11-9-7-5-4-6-8-10-12-17(21)22/h4-5,16H,6-15H2,1-3H3,(H-,21,22,23,24)/b5-4+. The van der Waals surface area contributed by atoms with E-state index in [4.69, 9.17) is 9.84 Å². The van der Waals surface area contributed by atoms with Crippen LogP contribution >= 0.6 is 0 Å². The molecule has 0 aromatic rings. The minimum absolute atomic E-state index is 0.211. The van der Waals surface area contributed by atoms with Gasteiger partial charge in [-0.25, -0.2) is 0 Å². The summed E-state index contributed by atoms with van der Waals surface area (Å²) in [6, 6.07) is 0. The molecule has 0 aliphatic rings. The number of carboxylic acid groups (broad SMARTS) is 2. The number of unbranched alkanes of at least 4 members (excludes halogenated alkanes) is 4. The monoisotopic (exact) mass is 371 g/mol. The van der Waals surface area contributed by atoms with Crippen molar-refractivity contribution in [3.05, 3.63) is 12.2 Å². The summed E-state index contributed by atoms with van der Waals surface area (Å²) in [4.78, 5) is 33.0. The molecule has 26 heavy (non-hydrogen) atoms. The summed E-state index contributed by atoms with van der Waals surface area (Å²) >= 11 is 0. The highest BCUT2D eigenvalue weighted by atomic mass is 16.5. The van der Waals surface area contributed by atoms with Gasteiger partial charge in [0.1, 0.15) is 6.54 Å². The van der Waals surface area contributed by atoms with Crippen LogP contribution in [0.4, 0.5) is 0 Å². The molecular weight excluding hydrogens is 338 g/mol. The summed E-state index contributed by atoms with van der Waals surface area (Å²) in [5.74, 6) is -2.35. The maximum atomic E-state index is 11.9. The Labute approximate surface area is 156 Å². The average molecular weight is 371 g/mol. The fourth-order valence-corrected chi connectivity index (χ4v) is 2.49. The van der Waals surface area contributed by atoms with E-state index >= 15 is 0 Å². The fourth-order valence-electron chi connectivity index (χ4n) is 2.49. The molecule has 0 amide bonds. The maximum Gasteiger partial charge on any atom is 0.306 e. The van der Waals surface area contributed by atoms with Gasteiger partial charge in [-0.3, -0.25) is 9.59 Å². The number of hydrogen-bond donors (Lipinski definition) is 1. The molecule has 0 saturated carbocycles. The predicted molar refractivity (Wildman–Crippen MR) is 96.1 cm³/mol. The van der Waals surface area contributed by atoms with E-state index in [1.807, 2.05) is 33.3 Å². The molecule has 7 heteroatoms. The number of carboxylic acids is 2. The van der Waals surface area contributed by atoms with Gasteiger partial charge in [0.25, 0.3) is 0 Å². The molecule has 0 aliphatic carbocycles. The number of aliphatic carboxylic acids is 2.